The number of carbonyl (C=O) groups excluding carboxylic acids is 2. The van der Waals surface area contributed by atoms with E-state index in [9.17, 15) is 19.7 Å². The molecule has 3 rings (SSSR count). The minimum Gasteiger partial charge on any atom is -0.496 e. The molecule has 0 spiro atoms. The number of benzene rings is 2. The maximum atomic E-state index is 12.7. The van der Waals surface area contributed by atoms with Gasteiger partial charge in [-0.3, -0.25) is 14.9 Å². The smallest absolute Gasteiger partial charge is 0.343 e. The number of nitrogens with one attached hydrogen (secondary N) is 1. The predicted octanol–water partition coefficient (Wildman–Crippen LogP) is 2.78. The van der Waals surface area contributed by atoms with E-state index >= 15 is 0 Å². The number of non-ortho nitro benzene ring substituents is 1. The first-order valence-electron chi connectivity index (χ1n) is 8.38. The van der Waals surface area contributed by atoms with E-state index in [4.69, 9.17) is 9.47 Å². The highest BCUT2D eigenvalue weighted by Gasteiger charge is 2.32. The molecule has 2 aromatic carbocycles. The van der Waals surface area contributed by atoms with Gasteiger partial charge in [-0.2, -0.15) is 0 Å². The van der Waals surface area contributed by atoms with Gasteiger partial charge in [0.15, 0.2) is 0 Å². The maximum Gasteiger partial charge on any atom is 0.343 e. The summed E-state index contributed by atoms with van der Waals surface area (Å²) in [5, 5.41) is 13.8. The molecule has 0 bridgehead atoms. The highest BCUT2D eigenvalue weighted by Crippen LogP contribution is 2.28. The van der Waals surface area contributed by atoms with Crippen LogP contribution in [-0.4, -0.2) is 30.0 Å². The second kappa shape index (κ2) is 7.86. The summed E-state index contributed by atoms with van der Waals surface area (Å²) in [5.41, 5.74) is 0.113. The molecule has 27 heavy (non-hydrogen) atoms. The van der Waals surface area contributed by atoms with E-state index in [1.54, 1.807) is 30.3 Å². The average Bonchev–Trinajstić information content (AvgIpc) is 3.49. The van der Waals surface area contributed by atoms with Crippen molar-refractivity contribution in [1.82, 2.24) is 5.32 Å². The molecule has 0 aromatic heterocycles. The van der Waals surface area contributed by atoms with Crippen molar-refractivity contribution >= 4 is 17.6 Å². The van der Waals surface area contributed by atoms with E-state index in [1.165, 1.54) is 19.2 Å². The number of nitrogens with zero attached hydrogens (tertiary/aromatic N) is 1. The number of hydrogen-bond acceptors (Lipinski definition) is 6. The van der Waals surface area contributed by atoms with Crippen molar-refractivity contribution in [3.05, 3.63) is 69.8 Å². The summed E-state index contributed by atoms with van der Waals surface area (Å²) in [7, 11) is 1.34. The highest BCUT2D eigenvalue weighted by molar-refractivity contribution is 5.95. The molecule has 1 atom stereocenters. The van der Waals surface area contributed by atoms with Crippen LogP contribution < -0.4 is 10.1 Å². The number of carbonyl (C=O) groups is 2. The lowest BCUT2D eigenvalue weighted by molar-refractivity contribution is -0.384. The zero-order chi connectivity index (χ0) is 19.4. The number of methoxy groups -OCH3 is 1. The molecule has 2 aromatic rings. The molecule has 1 aliphatic rings. The Morgan fingerprint density at radius 3 is 2.48 bits per heavy atom. The fourth-order valence-corrected chi connectivity index (χ4v) is 2.54. The molecular weight excluding hydrogens is 352 g/mol. The van der Waals surface area contributed by atoms with Crippen LogP contribution in [0.5, 0.6) is 5.75 Å². The number of ether oxygens (including phenoxy) is 2. The molecule has 0 unspecified atom stereocenters. The molecule has 8 nitrogen and oxygen atoms in total. The lowest BCUT2D eigenvalue weighted by Crippen LogP contribution is -2.33. The van der Waals surface area contributed by atoms with Crippen LogP contribution in [0, 0.1) is 10.1 Å². The molecule has 1 amide bonds. The van der Waals surface area contributed by atoms with Gasteiger partial charge in [-0.1, -0.05) is 30.3 Å². The molecular formula is C19H18N2O6. The standard InChI is InChI=1S/C19H18N2O6/c1-26-16-10-9-14(21(24)25)11-15(16)19(23)27-17(12-5-3-2-4-6-12)18(22)20-13-7-8-13/h2-6,9-11,13,17H,7-8H2,1H3,(H,20,22)/t17-/m0/s1. The third kappa shape index (κ3) is 4.41. The Morgan fingerprint density at radius 2 is 1.89 bits per heavy atom. The van der Waals surface area contributed by atoms with Crippen LogP contribution in [0.4, 0.5) is 5.69 Å². The molecule has 1 fully saturated rings. The first-order chi connectivity index (χ1) is 13.0. The first-order valence-corrected chi connectivity index (χ1v) is 8.38. The monoisotopic (exact) mass is 370 g/mol. The summed E-state index contributed by atoms with van der Waals surface area (Å²) >= 11 is 0. The van der Waals surface area contributed by atoms with Crippen molar-refractivity contribution in [2.45, 2.75) is 25.0 Å². The van der Waals surface area contributed by atoms with Gasteiger partial charge in [0.2, 0.25) is 6.10 Å². The second-order valence-corrected chi connectivity index (χ2v) is 6.12. The fraction of sp³-hybridized carbons (Fsp3) is 0.263. The molecule has 140 valence electrons. The Labute approximate surface area is 155 Å². The third-order valence-corrected chi connectivity index (χ3v) is 4.10. The lowest BCUT2D eigenvalue weighted by Gasteiger charge is -2.18. The normalized spacial score (nSPS) is 14.1. The number of rotatable bonds is 7. The van der Waals surface area contributed by atoms with Crippen LogP contribution in [0.3, 0.4) is 0 Å². The van der Waals surface area contributed by atoms with Gasteiger partial charge in [-0.15, -0.1) is 0 Å². The van der Waals surface area contributed by atoms with E-state index in [-0.39, 0.29) is 23.0 Å². The van der Waals surface area contributed by atoms with Crippen molar-refractivity contribution in [3.63, 3.8) is 0 Å². The van der Waals surface area contributed by atoms with Crippen molar-refractivity contribution in [1.29, 1.82) is 0 Å². The van der Waals surface area contributed by atoms with Gasteiger partial charge in [0, 0.05) is 23.7 Å². The Hall–Kier alpha value is -3.42. The van der Waals surface area contributed by atoms with Gasteiger partial charge in [0.05, 0.1) is 12.0 Å². The third-order valence-electron chi connectivity index (χ3n) is 4.10. The number of hydrogen-bond donors (Lipinski definition) is 1. The second-order valence-electron chi connectivity index (χ2n) is 6.12. The Morgan fingerprint density at radius 1 is 1.19 bits per heavy atom. The van der Waals surface area contributed by atoms with E-state index < -0.39 is 22.9 Å². The largest absolute Gasteiger partial charge is 0.496 e. The van der Waals surface area contributed by atoms with Gasteiger partial charge in [-0.05, 0) is 18.9 Å². The summed E-state index contributed by atoms with van der Waals surface area (Å²) in [4.78, 5) is 35.6. The first kappa shape index (κ1) is 18.4. The molecule has 0 heterocycles. The van der Waals surface area contributed by atoms with Gasteiger partial charge in [0.1, 0.15) is 11.3 Å². The van der Waals surface area contributed by atoms with Gasteiger partial charge in [-0.25, -0.2) is 4.79 Å². The minimum atomic E-state index is -1.16. The van der Waals surface area contributed by atoms with Crippen LogP contribution in [0.25, 0.3) is 0 Å². The average molecular weight is 370 g/mol. The molecule has 1 aliphatic carbocycles. The fourth-order valence-electron chi connectivity index (χ4n) is 2.54. The Balaban J connectivity index is 1.89. The SMILES string of the molecule is COc1ccc([N+](=O)[O-])cc1C(=O)O[C@H](C(=O)NC1CC1)c1ccccc1. The Bertz CT molecular complexity index is 864. The van der Waals surface area contributed by atoms with Gasteiger partial charge in [0.25, 0.3) is 11.6 Å². The highest BCUT2D eigenvalue weighted by atomic mass is 16.6. The van der Waals surface area contributed by atoms with E-state index in [1.807, 2.05) is 0 Å². The van der Waals surface area contributed by atoms with Crippen LogP contribution in [-0.2, 0) is 9.53 Å². The van der Waals surface area contributed by atoms with E-state index in [2.05, 4.69) is 5.32 Å². The molecule has 0 aliphatic heterocycles. The maximum absolute atomic E-state index is 12.7. The molecule has 8 heteroatoms. The molecule has 1 saturated carbocycles. The molecule has 0 saturated heterocycles. The summed E-state index contributed by atoms with van der Waals surface area (Å²) in [5.74, 6) is -1.18. The summed E-state index contributed by atoms with van der Waals surface area (Å²) in [6, 6.07) is 12.3. The number of amides is 1. The van der Waals surface area contributed by atoms with Gasteiger partial charge < -0.3 is 14.8 Å². The summed E-state index contributed by atoms with van der Waals surface area (Å²) < 4.78 is 10.5. The number of nitro groups is 1. The van der Waals surface area contributed by atoms with Crippen LogP contribution in [0.1, 0.15) is 34.9 Å². The number of esters is 1. The summed E-state index contributed by atoms with van der Waals surface area (Å²) in [6.07, 6.45) is 0.614. The van der Waals surface area contributed by atoms with E-state index in [0.29, 0.717) is 5.56 Å². The van der Waals surface area contributed by atoms with E-state index in [0.717, 1.165) is 18.9 Å². The van der Waals surface area contributed by atoms with Crippen molar-refractivity contribution in [2.24, 2.45) is 0 Å². The van der Waals surface area contributed by atoms with Crippen LogP contribution in [0.2, 0.25) is 0 Å². The van der Waals surface area contributed by atoms with Crippen molar-refractivity contribution in [3.8, 4) is 5.75 Å². The zero-order valence-electron chi connectivity index (χ0n) is 14.6. The predicted molar refractivity (Wildman–Crippen MR) is 95.4 cm³/mol. The Kier molecular flexibility index (Phi) is 5.35. The summed E-state index contributed by atoms with van der Waals surface area (Å²) in [6.45, 7) is 0. The van der Waals surface area contributed by atoms with Crippen molar-refractivity contribution < 1.29 is 24.0 Å². The van der Waals surface area contributed by atoms with Crippen LogP contribution >= 0.6 is 0 Å². The minimum absolute atomic E-state index is 0.0924. The number of nitro benzene ring substituents is 1. The lowest BCUT2D eigenvalue weighted by atomic mass is 10.1. The van der Waals surface area contributed by atoms with Crippen LogP contribution in [0.15, 0.2) is 48.5 Å². The van der Waals surface area contributed by atoms with Crippen molar-refractivity contribution in [2.75, 3.05) is 7.11 Å². The molecule has 0 radical (unpaired) electrons. The van der Waals surface area contributed by atoms with Gasteiger partial charge >= 0.3 is 5.97 Å². The zero-order valence-corrected chi connectivity index (χ0v) is 14.6. The molecule has 1 N–H and O–H groups in total. The topological polar surface area (TPSA) is 108 Å². The quantitative estimate of drug-likeness (QED) is 0.456.